The molecule has 2 rings (SSSR count). The number of rotatable bonds is 4. The predicted octanol–water partition coefficient (Wildman–Crippen LogP) is 2.05. The summed E-state index contributed by atoms with van der Waals surface area (Å²) in [5, 5.41) is 0. The van der Waals surface area contributed by atoms with E-state index in [0.29, 0.717) is 19.8 Å². The van der Waals surface area contributed by atoms with Crippen molar-refractivity contribution in [1.82, 2.24) is 0 Å². The molecular weight excluding hydrogens is 245 g/mol. The zero-order valence-corrected chi connectivity index (χ0v) is 10.3. The molecule has 1 aromatic rings. The zero-order chi connectivity index (χ0) is 11.4. The fourth-order valence-electron chi connectivity index (χ4n) is 1.88. The fraction of sp³-hybridized carbons (Fsp3) is 0.500. The van der Waals surface area contributed by atoms with Crippen molar-refractivity contribution >= 4 is 12.4 Å². The van der Waals surface area contributed by atoms with E-state index in [1.54, 1.807) is 12.1 Å². The van der Waals surface area contributed by atoms with Crippen LogP contribution in [0.1, 0.15) is 17.9 Å². The van der Waals surface area contributed by atoms with Gasteiger partial charge in [-0.1, -0.05) is 12.1 Å². The first-order chi connectivity index (χ1) is 7.79. The molecule has 0 spiro atoms. The summed E-state index contributed by atoms with van der Waals surface area (Å²) in [6.07, 6.45) is 0.556. The van der Waals surface area contributed by atoms with Gasteiger partial charge in [0, 0.05) is 12.3 Å². The van der Waals surface area contributed by atoms with Crippen LogP contribution in [0.4, 0.5) is 4.39 Å². The van der Waals surface area contributed by atoms with E-state index in [1.165, 1.54) is 12.1 Å². The third-order valence-electron chi connectivity index (χ3n) is 2.79. The Labute approximate surface area is 107 Å². The summed E-state index contributed by atoms with van der Waals surface area (Å²) in [5.74, 6) is -0.0726. The first-order valence-corrected chi connectivity index (χ1v) is 5.48. The lowest BCUT2D eigenvalue weighted by molar-refractivity contribution is -0.0506. The normalized spacial score (nSPS) is 17.8. The van der Waals surface area contributed by atoms with Crippen LogP contribution in [-0.2, 0) is 9.47 Å². The third kappa shape index (κ3) is 3.92. The van der Waals surface area contributed by atoms with Gasteiger partial charge >= 0.3 is 0 Å². The van der Waals surface area contributed by atoms with E-state index in [1.807, 2.05) is 0 Å². The monoisotopic (exact) mass is 261 g/mol. The summed E-state index contributed by atoms with van der Waals surface area (Å²) in [5.41, 5.74) is 6.75. The maximum Gasteiger partial charge on any atom is 0.158 e. The minimum absolute atomic E-state index is 0. The summed E-state index contributed by atoms with van der Waals surface area (Å²) >= 11 is 0. The number of ether oxygens (including phenoxy) is 2. The molecule has 1 saturated heterocycles. The molecule has 0 saturated carbocycles. The second-order valence-corrected chi connectivity index (χ2v) is 3.89. The van der Waals surface area contributed by atoms with E-state index in [9.17, 15) is 4.39 Å². The molecule has 5 heteroatoms. The van der Waals surface area contributed by atoms with Crippen molar-refractivity contribution in [3.63, 3.8) is 0 Å². The van der Waals surface area contributed by atoms with Crippen molar-refractivity contribution in [3.8, 4) is 0 Å². The Morgan fingerprint density at radius 2 is 1.82 bits per heavy atom. The van der Waals surface area contributed by atoms with Crippen LogP contribution in [0.25, 0.3) is 0 Å². The molecule has 1 aliphatic heterocycles. The minimum Gasteiger partial charge on any atom is -0.350 e. The highest BCUT2D eigenvalue weighted by molar-refractivity contribution is 5.85. The van der Waals surface area contributed by atoms with Crippen molar-refractivity contribution in [1.29, 1.82) is 0 Å². The second-order valence-electron chi connectivity index (χ2n) is 3.89. The SMILES string of the molecule is Cl.NCC(CC1OCCO1)c1ccc(F)cc1. The van der Waals surface area contributed by atoms with Gasteiger partial charge in [0.15, 0.2) is 6.29 Å². The van der Waals surface area contributed by atoms with Crippen LogP contribution in [0.3, 0.4) is 0 Å². The van der Waals surface area contributed by atoms with Gasteiger partial charge in [0.05, 0.1) is 13.2 Å². The molecule has 96 valence electrons. The van der Waals surface area contributed by atoms with Crippen molar-refractivity contribution in [3.05, 3.63) is 35.6 Å². The third-order valence-corrected chi connectivity index (χ3v) is 2.79. The first-order valence-electron chi connectivity index (χ1n) is 5.48. The molecule has 1 unspecified atom stereocenters. The van der Waals surface area contributed by atoms with Gasteiger partial charge in [-0.15, -0.1) is 12.4 Å². The van der Waals surface area contributed by atoms with Gasteiger partial charge in [-0.3, -0.25) is 0 Å². The quantitative estimate of drug-likeness (QED) is 0.902. The van der Waals surface area contributed by atoms with E-state index in [-0.39, 0.29) is 30.4 Å². The largest absolute Gasteiger partial charge is 0.350 e. The summed E-state index contributed by atoms with van der Waals surface area (Å²) < 4.78 is 23.5. The minimum atomic E-state index is -0.229. The van der Waals surface area contributed by atoms with E-state index in [2.05, 4.69) is 0 Å². The van der Waals surface area contributed by atoms with Crippen LogP contribution < -0.4 is 5.73 Å². The van der Waals surface area contributed by atoms with E-state index in [4.69, 9.17) is 15.2 Å². The molecule has 3 nitrogen and oxygen atoms in total. The Hall–Kier alpha value is -0.680. The van der Waals surface area contributed by atoms with Gasteiger partial charge in [-0.05, 0) is 24.2 Å². The highest BCUT2D eigenvalue weighted by Crippen LogP contribution is 2.23. The van der Waals surface area contributed by atoms with E-state index >= 15 is 0 Å². The Morgan fingerprint density at radius 1 is 1.24 bits per heavy atom. The number of halogens is 2. The topological polar surface area (TPSA) is 44.5 Å². The van der Waals surface area contributed by atoms with Gasteiger partial charge in [-0.25, -0.2) is 4.39 Å². The van der Waals surface area contributed by atoms with Gasteiger partial charge in [0.1, 0.15) is 5.82 Å². The Morgan fingerprint density at radius 3 is 2.35 bits per heavy atom. The summed E-state index contributed by atoms with van der Waals surface area (Å²) in [6.45, 7) is 1.80. The lowest BCUT2D eigenvalue weighted by atomic mass is 9.95. The van der Waals surface area contributed by atoms with Crippen LogP contribution in [-0.4, -0.2) is 26.0 Å². The van der Waals surface area contributed by atoms with Crippen molar-refractivity contribution in [2.75, 3.05) is 19.8 Å². The van der Waals surface area contributed by atoms with Crippen LogP contribution in [0.5, 0.6) is 0 Å². The average molecular weight is 262 g/mol. The Kier molecular flexibility index (Phi) is 5.85. The number of benzene rings is 1. The molecule has 1 atom stereocenters. The van der Waals surface area contributed by atoms with Crippen LogP contribution in [0.15, 0.2) is 24.3 Å². The maximum absolute atomic E-state index is 12.8. The number of hydrogen-bond acceptors (Lipinski definition) is 3. The summed E-state index contributed by atoms with van der Waals surface area (Å²) in [4.78, 5) is 0. The zero-order valence-electron chi connectivity index (χ0n) is 9.47. The standard InChI is InChI=1S/C12H16FNO2.ClH/c13-11-3-1-9(2-4-11)10(8-14)7-12-15-5-6-16-12;/h1-4,10,12H,5-8,14H2;1H. The molecule has 17 heavy (non-hydrogen) atoms. The second kappa shape index (κ2) is 6.91. The van der Waals surface area contributed by atoms with Gasteiger partial charge in [-0.2, -0.15) is 0 Å². The Balaban J connectivity index is 0.00000144. The molecule has 1 aliphatic rings. The predicted molar refractivity (Wildman–Crippen MR) is 65.8 cm³/mol. The lowest BCUT2D eigenvalue weighted by Crippen LogP contribution is -2.20. The molecular formula is C12H17ClFNO2. The van der Waals surface area contributed by atoms with Gasteiger partial charge in [0.2, 0.25) is 0 Å². The van der Waals surface area contributed by atoms with Gasteiger partial charge in [0.25, 0.3) is 0 Å². The summed E-state index contributed by atoms with van der Waals surface area (Å²) in [6, 6.07) is 6.44. The molecule has 2 N–H and O–H groups in total. The first kappa shape index (κ1) is 14.4. The van der Waals surface area contributed by atoms with E-state index in [0.717, 1.165) is 12.0 Å². The van der Waals surface area contributed by atoms with Crippen molar-refractivity contribution < 1.29 is 13.9 Å². The molecule has 0 aliphatic carbocycles. The number of nitrogens with two attached hydrogens (primary N) is 1. The maximum atomic E-state index is 12.8. The molecule has 0 amide bonds. The van der Waals surface area contributed by atoms with Crippen LogP contribution in [0.2, 0.25) is 0 Å². The molecule has 1 fully saturated rings. The lowest BCUT2D eigenvalue weighted by Gasteiger charge is -2.18. The molecule has 1 heterocycles. The van der Waals surface area contributed by atoms with Gasteiger partial charge < -0.3 is 15.2 Å². The van der Waals surface area contributed by atoms with E-state index < -0.39 is 0 Å². The molecule has 0 bridgehead atoms. The van der Waals surface area contributed by atoms with Crippen LogP contribution in [0, 0.1) is 5.82 Å². The molecule has 1 aromatic carbocycles. The average Bonchev–Trinajstić information content (AvgIpc) is 2.80. The highest BCUT2D eigenvalue weighted by Gasteiger charge is 2.21. The fourth-order valence-corrected chi connectivity index (χ4v) is 1.88. The summed E-state index contributed by atoms with van der Waals surface area (Å²) in [7, 11) is 0. The highest BCUT2D eigenvalue weighted by atomic mass is 35.5. The van der Waals surface area contributed by atoms with Crippen LogP contribution >= 0.6 is 12.4 Å². The number of hydrogen-bond donors (Lipinski definition) is 1. The molecule has 0 radical (unpaired) electrons. The van der Waals surface area contributed by atoms with Crippen molar-refractivity contribution in [2.24, 2.45) is 5.73 Å². The smallest absolute Gasteiger partial charge is 0.158 e. The molecule has 0 aromatic heterocycles. The Bertz CT molecular complexity index is 328. The van der Waals surface area contributed by atoms with Crippen molar-refractivity contribution in [2.45, 2.75) is 18.6 Å².